The van der Waals surface area contributed by atoms with E-state index in [4.69, 9.17) is 0 Å². The van der Waals surface area contributed by atoms with Gasteiger partial charge in [-0.1, -0.05) is 212 Å². The summed E-state index contributed by atoms with van der Waals surface area (Å²) in [4.78, 5) is 0. The quantitative estimate of drug-likeness (QED) is 0.107. The maximum absolute atomic E-state index is 2.74. The van der Waals surface area contributed by atoms with Crippen LogP contribution >= 0.6 is 0 Å². The third kappa shape index (κ3) is 5.93. The van der Waals surface area contributed by atoms with Crippen molar-refractivity contribution in [3.05, 3.63) is 255 Å². The molecular formula is C60H42N2Si. The van der Waals surface area contributed by atoms with Crippen LogP contribution in [0.15, 0.2) is 255 Å². The maximum atomic E-state index is 2.52. The van der Waals surface area contributed by atoms with Gasteiger partial charge in [0.15, 0.2) is 8.07 Å². The standard InChI is InChI=1S/C60H42N2Si/c1-5-18-43(19-6-1)44-32-34-45(35-33-44)46-36-38-47(39-37-46)61-56-29-16-14-27-53(56)60-58(61)30-17-31-59(60)62-55-28-15-13-26-52(55)54-42-51(40-41-57(54)62)63(48-20-7-2-8-21-48,49-22-9-3-10-23-49)50-24-11-4-12-25-50/h1-42H. The van der Waals surface area contributed by atoms with Crippen LogP contribution < -0.4 is 20.7 Å². The number of para-hydroxylation sites is 2. The number of nitrogens with zero attached hydrogens (tertiary/aromatic N) is 2. The highest BCUT2D eigenvalue weighted by Gasteiger charge is 2.41. The summed E-state index contributed by atoms with van der Waals surface area (Å²) in [6, 6.07) is 94.1. The van der Waals surface area contributed by atoms with E-state index in [9.17, 15) is 0 Å². The monoisotopic (exact) mass is 818 g/mol. The van der Waals surface area contributed by atoms with E-state index in [1.165, 1.54) is 92.3 Å². The number of benzene rings is 10. The zero-order valence-electron chi connectivity index (χ0n) is 34.6. The first-order valence-corrected chi connectivity index (χ1v) is 23.8. The van der Waals surface area contributed by atoms with Crippen LogP contribution in [0.2, 0.25) is 0 Å². The van der Waals surface area contributed by atoms with Gasteiger partial charge in [0.2, 0.25) is 0 Å². The molecule has 0 aliphatic carbocycles. The average molecular weight is 819 g/mol. The zero-order valence-corrected chi connectivity index (χ0v) is 35.6. The highest BCUT2D eigenvalue weighted by Crippen LogP contribution is 2.40. The zero-order chi connectivity index (χ0) is 41.7. The molecule has 0 fully saturated rings. The summed E-state index contributed by atoms with van der Waals surface area (Å²) in [5.41, 5.74) is 11.9. The molecule has 0 saturated heterocycles. The molecule has 63 heavy (non-hydrogen) atoms. The van der Waals surface area contributed by atoms with E-state index in [1.54, 1.807) is 0 Å². The summed E-state index contributed by atoms with van der Waals surface area (Å²) in [6.07, 6.45) is 0. The molecule has 0 spiro atoms. The van der Waals surface area contributed by atoms with Gasteiger partial charge in [-0.05, 0) is 85.5 Å². The summed E-state index contributed by atoms with van der Waals surface area (Å²) in [6.45, 7) is 0. The highest BCUT2D eigenvalue weighted by atomic mass is 28.3. The van der Waals surface area contributed by atoms with Crippen LogP contribution in [0.5, 0.6) is 0 Å². The van der Waals surface area contributed by atoms with E-state index in [0.717, 1.165) is 5.69 Å². The van der Waals surface area contributed by atoms with Crippen molar-refractivity contribution in [2.24, 2.45) is 0 Å². The molecule has 0 bridgehead atoms. The second kappa shape index (κ2) is 15.2. The van der Waals surface area contributed by atoms with Crippen molar-refractivity contribution in [3.63, 3.8) is 0 Å². The minimum absolute atomic E-state index is 1.14. The molecule has 0 amide bonds. The van der Waals surface area contributed by atoms with Gasteiger partial charge in [-0.3, -0.25) is 0 Å². The van der Waals surface area contributed by atoms with Crippen molar-refractivity contribution in [1.29, 1.82) is 0 Å². The molecule has 3 heteroatoms. The Morgan fingerprint density at radius 3 is 1.25 bits per heavy atom. The topological polar surface area (TPSA) is 9.86 Å². The van der Waals surface area contributed by atoms with Crippen LogP contribution in [-0.4, -0.2) is 17.2 Å². The van der Waals surface area contributed by atoms with E-state index in [-0.39, 0.29) is 0 Å². The Morgan fingerprint density at radius 1 is 0.254 bits per heavy atom. The summed E-state index contributed by atoms with van der Waals surface area (Å²) in [5, 5.41) is 10.5. The molecule has 12 rings (SSSR count). The molecule has 2 aromatic heterocycles. The van der Waals surface area contributed by atoms with Gasteiger partial charge >= 0.3 is 0 Å². The molecule has 2 heterocycles. The van der Waals surface area contributed by atoms with Gasteiger partial charge in [-0.2, -0.15) is 0 Å². The van der Waals surface area contributed by atoms with Gasteiger partial charge in [-0.15, -0.1) is 0 Å². The number of hydrogen-bond donors (Lipinski definition) is 0. The molecule has 0 saturated carbocycles. The normalized spacial score (nSPS) is 11.8. The van der Waals surface area contributed by atoms with Crippen molar-refractivity contribution >= 4 is 72.4 Å². The largest absolute Gasteiger partial charge is 0.309 e. The van der Waals surface area contributed by atoms with Crippen LogP contribution in [-0.2, 0) is 0 Å². The lowest BCUT2D eigenvalue weighted by Gasteiger charge is -2.34. The molecule has 10 aromatic carbocycles. The predicted octanol–water partition coefficient (Wildman–Crippen LogP) is 12.6. The number of fused-ring (bicyclic) bond motifs is 6. The Hall–Kier alpha value is -7.98. The molecule has 0 radical (unpaired) electrons. The molecule has 0 atom stereocenters. The highest BCUT2D eigenvalue weighted by molar-refractivity contribution is 7.20. The van der Waals surface area contributed by atoms with Crippen molar-refractivity contribution in [3.8, 4) is 33.6 Å². The lowest BCUT2D eigenvalue weighted by molar-refractivity contribution is 1.17. The van der Waals surface area contributed by atoms with Gasteiger partial charge in [0.25, 0.3) is 0 Å². The van der Waals surface area contributed by atoms with Crippen LogP contribution in [0.25, 0.3) is 77.2 Å². The Morgan fingerprint density at radius 2 is 0.683 bits per heavy atom. The lowest BCUT2D eigenvalue weighted by Crippen LogP contribution is -2.74. The first-order valence-electron chi connectivity index (χ1n) is 21.8. The molecule has 296 valence electrons. The Bertz CT molecular complexity index is 3480. The van der Waals surface area contributed by atoms with Crippen LogP contribution in [0.4, 0.5) is 0 Å². The Balaban J connectivity index is 1.04. The van der Waals surface area contributed by atoms with E-state index in [2.05, 4.69) is 264 Å². The van der Waals surface area contributed by atoms with E-state index >= 15 is 0 Å². The van der Waals surface area contributed by atoms with Gasteiger partial charge in [0, 0.05) is 27.2 Å². The lowest BCUT2D eigenvalue weighted by atomic mass is 10.0. The van der Waals surface area contributed by atoms with Crippen molar-refractivity contribution < 1.29 is 0 Å². The fraction of sp³-hybridized carbons (Fsp3) is 0. The van der Waals surface area contributed by atoms with Crippen molar-refractivity contribution in [2.75, 3.05) is 0 Å². The second-order valence-corrected chi connectivity index (χ2v) is 20.3. The third-order valence-corrected chi connectivity index (χ3v) is 17.9. The van der Waals surface area contributed by atoms with E-state index < -0.39 is 8.07 Å². The van der Waals surface area contributed by atoms with Gasteiger partial charge in [0.05, 0.1) is 27.8 Å². The Labute approximate surface area is 368 Å². The fourth-order valence-corrected chi connectivity index (χ4v) is 15.1. The summed E-state index contributed by atoms with van der Waals surface area (Å²) < 4.78 is 4.94. The van der Waals surface area contributed by atoms with E-state index in [0.29, 0.717) is 0 Å². The molecule has 0 N–H and O–H groups in total. The van der Waals surface area contributed by atoms with Crippen LogP contribution in [0.3, 0.4) is 0 Å². The van der Waals surface area contributed by atoms with Crippen LogP contribution in [0, 0.1) is 0 Å². The predicted molar refractivity (Wildman–Crippen MR) is 270 cm³/mol. The van der Waals surface area contributed by atoms with Crippen LogP contribution in [0.1, 0.15) is 0 Å². The molecule has 0 unspecified atom stereocenters. The van der Waals surface area contributed by atoms with Gasteiger partial charge < -0.3 is 9.13 Å². The first-order chi connectivity index (χ1) is 31.3. The SMILES string of the molecule is c1ccc(-c2ccc(-c3ccc(-n4c5ccccc5c5c(-n6c7ccccc7c7cc([Si](c8ccccc8)(c8ccccc8)c8ccccc8)ccc76)cccc54)cc3)cc2)cc1. The van der Waals surface area contributed by atoms with Crippen molar-refractivity contribution in [1.82, 2.24) is 9.13 Å². The molecule has 2 nitrogen and oxygen atoms in total. The fourth-order valence-electron chi connectivity index (χ4n) is 10.3. The summed E-state index contributed by atoms with van der Waals surface area (Å²) in [7, 11) is -2.74. The minimum atomic E-state index is -2.74. The van der Waals surface area contributed by atoms with E-state index in [1.807, 2.05) is 0 Å². The first kappa shape index (κ1) is 36.8. The van der Waals surface area contributed by atoms with Gasteiger partial charge in [-0.25, -0.2) is 0 Å². The minimum Gasteiger partial charge on any atom is -0.309 e. The smallest absolute Gasteiger partial charge is 0.179 e. The summed E-state index contributed by atoms with van der Waals surface area (Å²) >= 11 is 0. The van der Waals surface area contributed by atoms with Gasteiger partial charge in [0.1, 0.15) is 0 Å². The molecule has 12 aromatic rings. The molecule has 0 aliphatic rings. The number of hydrogen-bond acceptors (Lipinski definition) is 0. The molecular weight excluding hydrogens is 777 g/mol. The Kier molecular flexibility index (Phi) is 8.87. The maximum Gasteiger partial charge on any atom is 0.179 e. The summed E-state index contributed by atoms with van der Waals surface area (Å²) in [5.74, 6) is 0. The second-order valence-electron chi connectivity index (χ2n) is 16.4. The third-order valence-electron chi connectivity index (χ3n) is 13.1. The van der Waals surface area contributed by atoms with Crippen molar-refractivity contribution in [2.45, 2.75) is 0 Å². The number of aromatic nitrogens is 2. The number of rotatable bonds is 8. The average Bonchev–Trinajstić information content (AvgIpc) is 3.89. The molecule has 0 aliphatic heterocycles.